The van der Waals surface area contributed by atoms with Gasteiger partial charge in [0.05, 0.1) is 0 Å². The maximum Gasteiger partial charge on any atom is 0.244 e. The Morgan fingerprint density at radius 3 is 2.38 bits per heavy atom. The molecule has 0 saturated heterocycles. The predicted molar refractivity (Wildman–Crippen MR) is 83.6 cm³/mol. The summed E-state index contributed by atoms with van der Waals surface area (Å²) < 4.78 is 0. The molecule has 1 atom stereocenters. The van der Waals surface area contributed by atoms with Crippen LogP contribution in [0.3, 0.4) is 0 Å². The van der Waals surface area contributed by atoms with Gasteiger partial charge in [-0.05, 0) is 24.2 Å². The van der Waals surface area contributed by atoms with Gasteiger partial charge in [0, 0.05) is 33.0 Å². The Morgan fingerprint density at radius 1 is 1.10 bits per heavy atom. The minimum absolute atomic E-state index is 0.0765. The van der Waals surface area contributed by atoms with Gasteiger partial charge in [-0.1, -0.05) is 36.4 Å². The van der Waals surface area contributed by atoms with Crippen molar-refractivity contribution >= 4 is 5.91 Å². The first kappa shape index (κ1) is 15.2. The molecule has 21 heavy (non-hydrogen) atoms. The molecule has 1 aromatic carbocycles. The van der Waals surface area contributed by atoms with Gasteiger partial charge in [-0.25, -0.2) is 0 Å². The number of amides is 1. The first-order chi connectivity index (χ1) is 10.1. The molecule has 0 saturated carbocycles. The van der Waals surface area contributed by atoms with Crippen LogP contribution in [0.1, 0.15) is 17.2 Å². The molecule has 0 N–H and O–H groups in total. The van der Waals surface area contributed by atoms with Crippen LogP contribution in [-0.4, -0.2) is 41.8 Å². The summed E-state index contributed by atoms with van der Waals surface area (Å²) >= 11 is 0. The van der Waals surface area contributed by atoms with Crippen molar-refractivity contribution in [2.45, 2.75) is 12.6 Å². The minimum atomic E-state index is -0.290. The van der Waals surface area contributed by atoms with Gasteiger partial charge in [0.2, 0.25) is 5.91 Å². The van der Waals surface area contributed by atoms with Crippen LogP contribution in [0.2, 0.25) is 0 Å². The van der Waals surface area contributed by atoms with Crippen LogP contribution in [0.5, 0.6) is 0 Å². The number of rotatable bonds is 5. The summed E-state index contributed by atoms with van der Waals surface area (Å²) in [7, 11) is 5.54. The third-order valence-electron chi connectivity index (χ3n) is 3.39. The van der Waals surface area contributed by atoms with Crippen molar-refractivity contribution in [3.05, 3.63) is 66.0 Å². The molecule has 1 heterocycles. The molecule has 2 rings (SSSR count). The topological polar surface area (TPSA) is 36.4 Å². The van der Waals surface area contributed by atoms with Gasteiger partial charge in [0.1, 0.15) is 6.04 Å². The van der Waals surface area contributed by atoms with E-state index in [2.05, 4.69) is 9.88 Å². The molecule has 0 unspecified atom stereocenters. The van der Waals surface area contributed by atoms with E-state index >= 15 is 0 Å². The SMILES string of the molecule is CN(C)C(=O)[C@@H](c1ccccc1)N(C)Cc1cccnc1. The average molecular weight is 283 g/mol. The lowest BCUT2D eigenvalue weighted by molar-refractivity contribution is -0.134. The van der Waals surface area contributed by atoms with Crippen LogP contribution < -0.4 is 0 Å². The number of pyridine rings is 1. The normalized spacial score (nSPS) is 12.2. The van der Waals surface area contributed by atoms with Gasteiger partial charge >= 0.3 is 0 Å². The smallest absolute Gasteiger partial charge is 0.244 e. The van der Waals surface area contributed by atoms with Gasteiger partial charge < -0.3 is 4.90 Å². The van der Waals surface area contributed by atoms with E-state index in [4.69, 9.17) is 0 Å². The highest BCUT2D eigenvalue weighted by atomic mass is 16.2. The van der Waals surface area contributed by atoms with E-state index in [1.165, 1.54) is 0 Å². The first-order valence-electron chi connectivity index (χ1n) is 6.95. The van der Waals surface area contributed by atoms with Crippen LogP contribution in [-0.2, 0) is 11.3 Å². The third-order valence-corrected chi connectivity index (χ3v) is 3.39. The number of aromatic nitrogens is 1. The molecule has 2 aromatic rings. The lowest BCUT2D eigenvalue weighted by atomic mass is 10.0. The fourth-order valence-electron chi connectivity index (χ4n) is 2.34. The quantitative estimate of drug-likeness (QED) is 0.845. The van der Waals surface area contributed by atoms with E-state index in [0.29, 0.717) is 6.54 Å². The largest absolute Gasteiger partial charge is 0.347 e. The molecule has 0 aliphatic heterocycles. The summed E-state index contributed by atoms with van der Waals surface area (Å²) in [5.41, 5.74) is 2.09. The van der Waals surface area contributed by atoms with Crippen LogP contribution in [0, 0.1) is 0 Å². The molecule has 0 aliphatic carbocycles. The summed E-state index contributed by atoms with van der Waals surface area (Å²) in [6, 6.07) is 13.5. The number of carbonyl (C=O) groups excluding carboxylic acids is 1. The average Bonchev–Trinajstić information content (AvgIpc) is 2.49. The Balaban J connectivity index is 2.25. The monoisotopic (exact) mass is 283 g/mol. The molecule has 4 heteroatoms. The highest BCUT2D eigenvalue weighted by Gasteiger charge is 2.26. The molecule has 1 aromatic heterocycles. The van der Waals surface area contributed by atoms with Gasteiger partial charge in [0.25, 0.3) is 0 Å². The van der Waals surface area contributed by atoms with Crippen molar-refractivity contribution in [1.29, 1.82) is 0 Å². The third kappa shape index (κ3) is 3.89. The lowest BCUT2D eigenvalue weighted by Crippen LogP contribution is -2.37. The molecule has 1 amide bonds. The number of hydrogen-bond acceptors (Lipinski definition) is 3. The number of benzene rings is 1. The van der Waals surface area contributed by atoms with E-state index in [1.807, 2.05) is 55.7 Å². The molecule has 0 bridgehead atoms. The second kappa shape index (κ2) is 6.99. The van der Waals surface area contributed by atoms with Crippen LogP contribution >= 0.6 is 0 Å². The van der Waals surface area contributed by atoms with E-state index in [0.717, 1.165) is 11.1 Å². The molecule has 0 aliphatic rings. The first-order valence-corrected chi connectivity index (χ1v) is 6.95. The minimum Gasteiger partial charge on any atom is -0.347 e. The van der Waals surface area contributed by atoms with Gasteiger partial charge in [-0.3, -0.25) is 14.7 Å². The summed E-state index contributed by atoms with van der Waals surface area (Å²) in [5, 5.41) is 0. The number of hydrogen-bond donors (Lipinski definition) is 0. The second-order valence-corrected chi connectivity index (χ2v) is 5.32. The van der Waals surface area contributed by atoms with Crippen molar-refractivity contribution in [2.24, 2.45) is 0 Å². The highest BCUT2D eigenvalue weighted by Crippen LogP contribution is 2.22. The summed E-state index contributed by atoms with van der Waals surface area (Å²) in [5.74, 6) is 0.0765. The molecule has 0 spiro atoms. The summed E-state index contributed by atoms with van der Waals surface area (Å²) in [6.07, 6.45) is 3.59. The Kier molecular flexibility index (Phi) is 5.06. The maximum atomic E-state index is 12.5. The Morgan fingerprint density at radius 2 is 1.81 bits per heavy atom. The zero-order valence-corrected chi connectivity index (χ0v) is 12.7. The van der Waals surface area contributed by atoms with Crippen molar-refractivity contribution in [3.8, 4) is 0 Å². The molecular formula is C17H21N3O. The second-order valence-electron chi connectivity index (χ2n) is 5.32. The van der Waals surface area contributed by atoms with Gasteiger partial charge in [-0.2, -0.15) is 0 Å². The zero-order chi connectivity index (χ0) is 15.2. The molecule has 0 fully saturated rings. The predicted octanol–water partition coefficient (Wildman–Crippen LogP) is 2.34. The summed E-state index contributed by atoms with van der Waals surface area (Å²) in [4.78, 5) is 20.4. The number of likely N-dealkylation sites (N-methyl/N-ethyl adjacent to an activating group) is 2. The lowest BCUT2D eigenvalue weighted by Gasteiger charge is -2.29. The Labute approximate surface area is 126 Å². The van der Waals surface area contributed by atoms with E-state index in [-0.39, 0.29) is 11.9 Å². The Bertz CT molecular complexity index is 569. The molecule has 110 valence electrons. The number of nitrogens with zero attached hydrogens (tertiary/aromatic N) is 3. The van der Waals surface area contributed by atoms with Crippen molar-refractivity contribution in [3.63, 3.8) is 0 Å². The van der Waals surface area contributed by atoms with E-state index < -0.39 is 0 Å². The van der Waals surface area contributed by atoms with E-state index in [9.17, 15) is 4.79 Å². The Hall–Kier alpha value is -2.20. The van der Waals surface area contributed by atoms with E-state index in [1.54, 1.807) is 25.2 Å². The van der Waals surface area contributed by atoms with Crippen molar-refractivity contribution in [2.75, 3.05) is 21.1 Å². The van der Waals surface area contributed by atoms with Gasteiger partial charge in [-0.15, -0.1) is 0 Å². The summed E-state index contributed by atoms with van der Waals surface area (Å²) in [6.45, 7) is 0.674. The van der Waals surface area contributed by atoms with Crippen molar-refractivity contribution in [1.82, 2.24) is 14.8 Å². The van der Waals surface area contributed by atoms with Crippen LogP contribution in [0.15, 0.2) is 54.9 Å². The highest BCUT2D eigenvalue weighted by molar-refractivity contribution is 5.82. The maximum absolute atomic E-state index is 12.5. The van der Waals surface area contributed by atoms with Crippen LogP contribution in [0.4, 0.5) is 0 Å². The fraction of sp³-hybridized carbons (Fsp3) is 0.294. The molecule has 0 radical (unpaired) electrons. The molecule has 4 nitrogen and oxygen atoms in total. The zero-order valence-electron chi connectivity index (χ0n) is 12.7. The standard InChI is InChI=1S/C17H21N3O/c1-19(2)17(21)16(15-9-5-4-6-10-15)20(3)13-14-8-7-11-18-12-14/h4-12,16H,13H2,1-3H3/t16-/m1/s1. The van der Waals surface area contributed by atoms with Crippen molar-refractivity contribution < 1.29 is 4.79 Å². The molecular weight excluding hydrogens is 262 g/mol. The fourth-order valence-corrected chi connectivity index (χ4v) is 2.34. The number of carbonyl (C=O) groups is 1. The van der Waals surface area contributed by atoms with Gasteiger partial charge in [0.15, 0.2) is 0 Å². The van der Waals surface area contributed by atoms with Crippen LogP contribution in [0.25, 0.3) is 0 Å².